The van der Waals surface area contributed by atoms with Gasteiger partial charge in [0.15, 0.2) is 9.84 Å². The molecule has 0 bridgehead atoms. The fourth-order valence-electron chi connectivity index (χ4n) is 4.34. The van der Waals surface area contributed by atoms with Crippen molar-refractivity contribution < 1.29 is 8.42 Å². The molecule has 2 N–H and O–H groups in total. The molecule has 0 amide bonds. The fraction of sp³-hybridized carbons (Fsp3) is 0.280. The Labute approximate surface area is 188 Å². The molecule has 0 saturated carbocycles. The predicted octanol–water partition coefficient (Wildman–Crippen LogP) is 4.10. The summed E-state index contributed by atoms with van der Waals surface area (Å²) < 4.78 is 23.6. The van der Waals surface area contributed by atoms with E-state index in [1.807, 2.05) is 18.3 Å². The minimum atomic E-state index is -3.23. The van der Waals surface area contributed by atoms with Crippen LogP contribution < -0.4 is 10.6 Å². The van der Waals surface area contributed by atoms with E-state index in [0.717, 1.165) is 47.8 Å². The normalized spacial score (nSPS) is 17.8. The van der Waals surface area contributed by atoms with E-state index in [9.17, 15) is 8.42 Å². The van der Waals surface area contributed by atoms with Gasteiger partial charge in [0.25, 0.3) is 0 Å². The van der Waals surface area contributed by atoms with Crippen molar-refractivity contribution in [1.82, 2.24) is 10.3 Å². The quantitative estimate of drug-likeness (QED) is 0.617. The Kier molecular flexibility index (Phi) is 5.53. The number of anilines is 2. The largest absolute Gasteiger partial charge is 0.340 e. The van der Waals surface area contributed by atoms with Crippen LogP contribution in [0.2, 0.25) is 0 Å². The summed E-state index contributed by atoms with van der Waals surface area (Å²) in [5.41, 5.74) is 6.35. The molecule has 1 atom stereocenters. The number of sulfone groups is 1. The molecule has 2 aliphatic rings. The van der Waals surface area contributed by atoms with Crippen molar-refractivity contribution in [3.05, 3.63) is 71.3 Å². The van der Waals surface area contributed by atoms with Crippen molar-refractivity contribution in [3.63, 3.8) is 0 Å². The minimum Gasteiger partial charge on any atom is -0.340 e. The second kappa shape index (κ2) is 8.48. The monoisotopic (exact) mass is 446 g/mol. The van der Waals surface area contributed by atoms with Crippen molar-refractivity contribution in [3.8, 4) is 11.3 Å². The Hall–Kier alpha value is -3.03. The van der Waals surface area contributed by atoms with Crippen molar-refractivity contribution >= 4 is 27.6 Å². The fourth-order valence-corrected chi connectivity index (χ4v) is 4.97. The molecule has 164 valence electrons. The number of fused-ring (bicyclic) bond motifs is 1. The highest BCUT2D eigenvalue weighted by Gasteiger charge is 2.18. The third kappa shape index (κ3) is 4.31. The lowest BCUT2D eigenvalue weighted by atomic mass is 9.98. The molecule has 2 aromatic carbocycles. The molecule has 5 rings (SSSR count). The standard InChI is InChI=1S/C25H26N4O2S/c1-32(30,31)22-8-4-18(5-9-22)24-14-19-10-12-27-16-23(19)25(29-24)28-21-6-2-17(3-7-21)20-11-13-26-15-20/h2-9,12,14,20,26H,10-11,13,15-16H2,1H3,(H,28,29). The lowest BCUT2D eigenvalue weighted by Gasteiger charge is -2.18. The van der Waals surface area contributed by atoms with Crippen LogP contribution in [-0.4, -0.2) is 39.0 Å². The van der Waals surface area contributed by atoms with E-state index in [1.165, 1.54) is 23.8 Å². The average Bonchev–Trinajstić information content (AvgIpc) is 3.34. The Morgan fingerprint density at radius 3 is 2.53 bits per heavy atom. The molecule has 7 heteroatoms. The van der Waals surface area contributed by atoms with E-state index in [2.05, 4.69) is 46.0 Å². The van der Waals surface area contributed by atoms with Crippen molar-refractivity contribution in [1.29, 1.82) is 0 Å². The molecule has 2 aliphatic heterocycles. The van der Waals surface area contributed by atoms with Crippen LogP contribution in [0.25, 0.3) is 11.3 Å². The summed E-state index contributed by atoms with van der Waals surface area (Å²) in [5, 5.41) is 6.92. The number of hydrogen-bond donors (Lipinski definition) is 2. The first kappa shape index (κ1) is 20.8. The van der Waals surface area contributed by atoms with E-state index in [4.69, 9.17) is 4.98 Å². The van der Waals surface area contributed by atoms with E-state index < -0.39 is 9.84 Å². The number of pyridine rings is 1. The molecule has 1 saturated heterocycles. The SMILES string of the molecule is CS(=O)(=O)c1ccc(-c2cc3c(c(Nc4ccc(C5CCNC5)cc4)n2)CN=CC3)cc1. The zero-order valence-electron chi connectivity index (χ0n) is 18.0. The number of benzene rings is 2. The molecular formula is C25H26N4O2S. The van der Waals surface area contributed by atoms with Crippen molar-refractivity contribution in [2.24, 2.45) is 4.99 Å². The Bertz CT molecular complexity index is 1260. The maximum atomic E-state index is 11.8. The molecule has 6 nitrogen and oxygen atoms in total. The van der Waals surface area contributed by atoms with Crippen LogP contribution in [0.15, 0.2) is 64.5 Å². The number of rotatable bonds is 5. The highest BCUT2D eigenvalue weighted by molar-refractivity contribution is 7.90. The molecule has 1 fully saturated rings. The van der Waals surface area contributed by atoms with Gasteiger partial charge in [-0.15, -0.1) is 0 Å². The van der Waals surface area contributed by atoms with Crippen LogP contribution >= 0.6 is 0 Å². The summed E-state index contributed by atoms with van der Waals surface area (Å²) in [5.74, 6) is 1.39. The molecule has 3 heterocycles. The first-order valence-electron chi connectivity index (χ1n) is 10.9. The molecule has 0 spiro atoms. The molecule has 1 unspecified atom stereocenters. The summed E-state index contributed by atoms with van der Waals surface area (Å²) >= 11 is 0. The van der Waals surface area contributed by atoms with Crippen molar-refractivity contribution in [2.75, 3.05) is 24.7 Å². The molecule has 0 radical (unpaired) electrons. The van der Waals surface area contributed by atoms with Gasteiger partial charge < -0.3 is 10.6 Å². The third-order valence-corrected chi connectivity index (χ3v) is 7.32. The zero-order chi connectivity index (χ0) is 22.1. The van der Waals surface area contributed by atoms with Gasteiger partial charge in [0.05, 0.1) is 17.1 Å². The van der Waals surface area contributed by atoms with Gasteiger partial charge >= 0.3 is 0 Å². The molecule has 0 aliphatic carbocycles. The molecule has 32 heavy (non-hydrogen) atoms. The Balaban J connectivity index is 1.46. The lowest BCUT2D eigenvalue weighted by Crippen LogP contribution is -2.09. The number of hydrogen-bond acceptors (Lipinski definition) is 6. The summed E-state index contributed by atoms with van der Waals surface area (Å²) in [4.78, 5) is 9.66. The highest BCUT2D eigenvalue weighted by atomic mass is 32.2. The Morgan fingerprint density at radius 2 is 1.84 bits per heavy atom. The highest BCUT2D eigenvalue weighted by Crippen LogP contribution is 2.31. The van der Waals surface area contributed by atoms with E-state index in [-0.39, 0.29) is 0 Å². The van der Waals surface area contributed by atoms with Gasteiger partial charge in [0.2, 0.25) is 0 Å². The van der Waals surface area contributed by atoms with Crippen LogP contribution in [0.4, 0.5) is 11.5 Å². The second-order valence-electron chi connectivity index (χ2n) is 8.45. The van der Waals surface area contributed by atoms with Gasteiger partial charge in [-0.2, -0.15) is 0 Å². The van der Waals surface area contributed by atoms with Gasteiger partial charge in [0.1, 0.15) is 5.82 Å². The van der Waals surface area contributed by atoms with E-state index in [1.54, 1.807) is 12.1 Å². The van der Waals surface area contributed by atoms with Gasteiger partial charge in [-0.25, -0.2) is 13.4 Å². The van der Waals surface area contributed by atoms with Crippen LogP contribution in [0, 0.1) is 0 Å². The number of aliphatic imine (C=N–C) groups is 1. The van der Waals surface area contributed by atoms with E-state index >= 15 is 0 Å². The molecular weight excluding hydrogens is 420 g/mol. The lowest BCUT2D eigenvalue weighted by molar-refractivity contribution is 0.602. The third-order valence-electron chi connectivity index (χ3n) is 6.19. The first-order valence-corrected chi connectivity index (χ1v) is 12.8. The maximum Gasteiger partial charge on any atom is 0.175 e. The zero-order valence-corrected chi connectivity index (χ0v) is 18.8. The number of aromatic nitrogens is 1. The van der Waals surface area contributed by atoms with Gasteiger partial charge in [-0.1, -0.05) is 24.3 Å². The maximum absolute atomic E-state index is 11.8. The minimum absolute atomic E-state index is 0.308. The summed E-state index contributed by atoms with van der Waals surface area (Å²) in [6.45, 7) is 2.73. The van der Waals surface area contributed by atoms with Crippen LogP contribution in [-0.2, 0) is 22.8 Å². The summed E-state index contributed by atoms with van der Waals surface area (Å²) in [6, 6.07) is 17.6. The smallest absolute Gasteiger partial charge is 0.175 e. The summed E-state index contributed by atoms with van der Waals surface area (Å²) in [7, 11) is -3.23. The van der Waals surface area contributed by atoms with Gasteiger partial charge in [-0.3, -0.25) is 4.99 Å². The second-order valence-corrected chi connectivity index (χ2v) is 10.5. The number of nitrogens with one attached hydrogen (secondary N) is 2. The molecule has 1 aromatic heterocycles. The van der Waals surface area contributed by atoms with Crippen LogP contribution in [0.1, 0.15) is 29.0 Å². The topological polar surface area (TPSA) is 83.5 Å². The predicted molar refractivity (Wildman–Crippen MR) is 129 cm³/mol. The summed E-state index contributed by atoms with van der Waals surface area (Å²) in [6.07, 6.45) is 5.09. The first-order chi connectivity index (χ1) is 15.5. The Morgan fingerprint density at radius 1 is 1.06 bits per heavy atom. The average molecular weight is 447 g/mol. The van der Waals surface area contributed by atoms with Crippen LogP contribution in [0.3, 0.4) is 0 Å². The van der Waals surface area contributed by atoms with Gasteiger partial charge in [-0.05, 0) is 60.3 Å². The van der Waals surface area contributed by atoms with Crippen LogP contribution in [0.5, 0.6) is 0 Å². The van der Waals surface area contributed by atoms with Crippen molar-refractivity contribution in [2.45, 2.75) is 30.2 Å². The number of nitrogens with zero attached hydrogens (tertiary/aromatic N) is 2. The molecule has 3 aromatic rings. The van der Waals surface area contributed by atoms with Gasteiger partial charge in [0, 0.05) is 42.3 Å². The van der Waals surface area contributed by atoms with E-state index in [0.29, 0.717) is 17.4 Å².